The average molecular weight is 218 g/mol. The molecule has 0 radical (unpaired) electrons. The molecular formula is C15H22O. The van der Waals surface area contributed by atoms with E-state index in [1.165, 1.54) is 24.8 Å². The van der Waals surface area contributed by atoms with Crippen LogP contribution in [0.5, 0.6) is 0 Å². The second-order valence-corrected chi connectivity index (χ2v) is 5.43. The van der Waals surface area contributed by atoms with Crippen LogP contribution in [0.3, 0.4) is 0 Å². The fraction of sp³-hybridized carbons (Fsp3) is 0.600. The van der Waals surface area contributed by atoms with Crippen LogP contribution in [0.2, 0.25) is 0 Å². The van der Waals surface area contributed by atoms with Gasteiger partial charge in [0, 0.05) is 6.61 Å². The molecule has 88 valence electrons. The highest BCUT2D eigenvalue weighted by Crippen LogP contribution is 2.47. The Balaban J connectivity index is 1.79. The number of aryl methyl sites for hydroxylation is 1. The van der Waals surface area contributed by atoms with Gasteiger partial charge in [0.2, 0.25) is 0 Å². The van der Waals surface area contributed by atoms with E-state index in [0.717, 1.165) is 18.8 Å². The maximum atomic E-state index is 9.49. The Morgan fingerprint density at radius 3 is 2.50 bits per heavy atom. The zero-order chi connectivity index (χ0) is 11.4. The lowest BCUT2D eigenvalue weighted by molar-refractivity contribution is 0.108. The number of aliphatic hydroxyl groups excluding tert-OH is 1. The Labute approximate surface area is 98.5 Å². The number of aliphatic hydroxyl groups is 1. The summed E-state index contributed by atoms with van der Waals surface area (Å²) in [5, 5.41) is 9.49. The summed E-state index contributed by atoms with van der Waals surface area (Å²) in [5.74, 6) is 0.785. The maximum Gasteiger partial charge on any atom is 0.0487 e. The largest absolute Gasteiger partial charge is 0.396 e. The van der Waals surface area contributed by atoms with Crippen molar-refractivity contribution in [2.24, 2.45) is 11.3 Å². The first-order valence-electron chi connectivity index (χ1n) is 6.39. The Kier molecular flexibility index (Phi) is 3.65. The van der Waals surface area contributed by atoms with Gasteiger partial charge in [-0.25, -0.2) is 0 Å². The first kappa shape index (κ1) is 11.7. The molecule has 1 heteroatoms. The van der Waals surface area contributed by atoms with Gasteiger partial charge in [0.25, 0.3) is 0 Å². The summed E-state index contributed by atoms with van der Waals surface area (Å²) in [6, 6.07) is 10.6. The van der Waals surface area contributed by atoms with Crippen LogP contribution in [-0.4, -0.2) is 11.7 Å². The minimum absolute atomic E-state index is 0.189. The first-order chi connectivity index (χ1) is 7.74. The fourth-order valence-electron chi connectivity index (χ4n) is 2.53. The lowest BCUT2D eigenvalue weighted by Gasteiger charge is -2.27. The van der Waals surface area contributed by atoms with Crippen molar-refractivity contribution in [3.8, 4) is 0 Å². The lowest BCUT2D eigenvalue weighted by atomic mass is 9.80. The predicted molar refractivity (Wildman–Crippen MR) is 67.3 cm³/mol. The maximum absolute atomic E-state index is 9.49. The van der Waals surface area contributed by atoms with Crippen molar-refractivity contribution in [3.63, 3.8) is 0 Å². The Bertz CT molecular complexity index is 315. The molecule has 0 aromatic heterocycles. The van der Waals surface area contributed by atoms with Crippen LogP contribution in [0.4, 0.5) is 0 Å². The number of hydrogen-bond acceptors (Lipinski definition) is 1. The monoisotopic (exact) mass is 218 g/mol. The zero-order valence-electron chi connectivity index (χ0n) is 10.2. The van der Waals surface area contributed by atoms with Gasteiger partial charge >= 0.3 is 0 Å². The highest BCUT2D eigenvalue weighted by molar-refractivity contribution is 5.14. The summed E-state index contributed by atoms with van der Waals surface area (Å²) in [5.41, 5.74) is 1.60. The van der Waals surface area contributed by atoms with Crippen LogP contribution in [0.1, 0.15) is 38.2 Å². The molecule has 0 spiro atoms. The fourth-order valence-corrected chi connectivity index (χ4v) is 2.53. The van der Waals surface area contributed by atoms with Crippen molar-refractivity contribution in [1.82, 2.24) is 0 Å². The molecule has 1 saturated carbocycles. The molecule has 0 saturated heterocycles. The van der Waals surface area contributed by atoms with Crippen molar-refractivity contribution in [3.05, 3.63) is 35.9 Å². The third-order valence-corrected chi connectivity index (χ3v) is 3.98. The minimum Gasteiger partial charge on any atom is -0.396 e. The molecule has 1 unspecified atom stereocenters. The van der Waals surface area contributed by atoms with Gasteiger partial charge in [-0.15, -0.1) is 0 Å². The summed E-state index contributed by atoms with van der Waals surface area (Å²) in [7, 11) is 0. The highest BCUT2D eigenvalue weighted by Gasteiger charge is 2.40. The smallest absolute Gasteiger partial charge is 0.0487 e. The molecule has 0 amide bonds. The molecule has 16 heavy (non-hydrogen) atoms. The van der Waals surface area contributed by atoms with Crippen molar-refractivity contribution in [2.75, 3.05) is 6.61 Å². The molecule has 1 atom stereocenters. The van der Waals surface area contributed by atoms with Gasteiger partial charge < -0.3 is 5.11 Å². The van der Waals surface area contributed by atoms with Crippen LogP contribution in [-0.2, 0) is 6.42 Å². The van der Waals surface area contributed by atoms with E-state index < -0.39 is 0 Å². The van der Waals surface area contributed by atoms with Gasteiger partial charge in [-0.1, -0.05) is 37.3 Å². The molecule has 0 aliphatic heterocycles. The van der Waals surface area contributed by atoms with E-state index in [1.807, 2.05) is 0 Å². The molecule has 2 rings (SSSR count). The van der Waals surface area contributed by atoms with E-state index in [9.17, 15) is 5.11 Å². The van der Waals surface area contributed by atoms with Crippen LogP contribution in [0, 0.1) is 11.3 Å². The number of hydrogen-bond donors (Lipinski definition) is 1. The molecule has 1 nitrogen and oxygen atoms in total. The molecule has 1 aromatic carbocycles. The second kappa shape index (κ2) is 5.01. The van der Waals surface area contributed by atoms with E-state index in [4.69, 9.17) is 0 Å². The van der Waals surface area contributed by atoms with Crippen LogP contribution in [0.25, 0.3) is 0 Å². The van der Waals surface area contributed by atoms with E-state index in [1.54, 1.807) is 0 Å². The van der Waals surface area contributed by atoms with E-state index in [-0.39, 0.29) is 5.41 Å². The minimum atomic E-state index is 0.189. The van der Waals surface area contributed by atoms with E-state index >= 15 is 0 Å². The summed E-state index contributed by atoms with van der Waals surface area (Å²) in [6.45, 7) is 2.60. The SMILES string of the molecule is CC(CO)(CCCc1ccccc1)C1CC1. The Hall–Kier alpha value is -0.820. The molecular weight excluding hydrogens is 196 g/mol. The average Bonchev–Trinajstić information content (AvgIpc) is 3.14. The van der Waals surface area contributed by atoms with Crippen molar-refractivity contribution < 1.29 is 5.11 Å². The molecule has 1 N–H and O–H groups in total. The molecule has 1 fully saturated rings. The number of benzene rings is 1. The quantitative estimate of drug-likeness (QED) is 0.775. The molecule has 1 aliphatic rings. The van der Waals surface area contributed by atoms with Crippen LogP contribution < -0.4 is 0 Å². The zero-order valence-corrected chi connectivity index (χ0v) is 10.2. The highest BCUT2D eigenvalue weighted by atomic mass is 16.3. The van der Waals surface area contributed by atoms with Gasteiger partial charge in [0.15, 0.2) is 0 Å². The molecule has 1 aromatic rings. The van der Waals surface area contributed by atoms with Gasteiger partial charge in [-0.3, -0.25) is 0 Å². The summed E-state index contributed by atoms with van der Waals surface area (Å²) < 4.78 is 0. The van der Waals surface area contributed by atoms with Gasteiger partial charge in [0.05, 0.1) is 0 Å². The molecule has 0 heterocycles. The second-order valence-electron chi connectivity index (χ2n) is 5.43. The predicted octanol–water partition coefficient (Wildman–Crippen LogP) is 3.42. The van der Waals surface area contributed by atoms with Gasteiger partial charge in [0.1, 0.15) is 0 Å². The number of rotatable bonds is 6. The molecule has 0 bridgehead atoms. The lowest BCUT2D eigenvalue weighted by Crippen LogP contribution is -2.24. The van der Waals surface area contributed by atoms with Crippen LogP contribution in [0.15, 0.2) is 30.3 Å². The Morgan fingerprint density at radius 2 is 1.94 bits per heavy atom. The third-order valence-electron chi connectivity index (χ3n) is 3.98. The van der Waals surface area contributed by atoms with E-state index in [0.29, 0.717) is 6.61 Å². The third kappa shape index (κ3) is 2.85. The topological polar surface area (TPSA) is 20.2 Å². The van der Waals surface area contributed by atoms with Gasteiger partial charge in [-0.2, -0.15) is 0 Å². The van der Waals surface area contributed by atoms with Crippen LogP contribution >= 0.6 is 0 Å². The summed E-state index contributed by atoms with van der Waals surface area (Å²) in [6.07, 6.45) is 6.13. The normalized spacial score (nSPS) is 19.4. The van der Waals surface area contributed by atoms with Crippen molar-refractivity contribution in [1.29, 1.82) is 0 Å². The molecule has 1 aliphatic carbocycles. The Morgan fingerprint density at radius 1 is 1.25 bits per heavy atom. The standard InChI is InChI=1S/C15H22O/c1-15(12-16,14-9-10-14)11-5-8-13-6-3-2-4-7-13/h2-4,6-7,14,16H,5,8-12H2,1H3. The van der Waals surface area contributed by atoms with Crippen molar-refractivity contribution >= 4 is 0 Å². The van der Waals surface area contributed by atoms with E-state index in [2.05, 4.69) is 37.3 Å². The van der Waals surface area contributed by atoms with Gasteiger partial charge in [-0.05, 0) is 49.0 Å². The summed E-state index contributed by atoms with van der Waals surface area (Å²) in [4.78, 5) is 0. The van der Waals surface area contributed by atoms with Crippen molar-refractivity contribution in [2.45, 2.75) is 39.0 Å². The summed E-state index contributed by atoms with van der Waals surface area (Å²) >= 11 is 0. The first-order valence-corrected chi connectivity index (χ1v) is 6.39.